The number of carbonyl (C=O) groups excluding carboxylic acids is 1. The third-order valence-corrected chi connectivity index (χ3v) is 5.97. The van der Waals surface area contributed by atoms with Crippen molar-refractivity contribution in [1.29, 1.82) is 0 Å². The number of primary amides is 1. The molecule has 0 radical (unpaired) electrons. The van der Waals surface area contributed by atoms with Crippen molar-refractivity contribution in [2.45, 2.75) is 25.7 Å². The van der Waals surface area contributed by atoms with Crippen molar-refractivity contribution in [3.63, 3.8) is 0 Å². The Labute approximate surface area is 218 Å². The third kappa shape index (κ3) is 7.93. The molecular formula is C26H31F4N5O3. The summed E-state index contributed by atoms with van der Waals surface area (Å²) in [4.78, 5) is 13.4. The molecule has 1 aliphatic rings. The largest absolute Gasteiger partial charge is 0.470 e. The number of benzene rings is 2. The van der Waals surface area contributed by atoms with Gasteiger partial charge in [-0.2, -0.15) is 0 Å². The summed E-state index contributed by atoms with van der Waals surface area (Å²) in [5.74, 6) is -0.927. The number of rotatable bonds is 9. The number of carbonyl (C=O) groups is 1. The summed E-state index contributed by atoms with van der Waals surface area (Å²) in [6.07, 6.45) is -1.62. The summed E-state index contributed by atoms with van der Waals surface area (Å²) in [5, 5.41) is 6.52. The number of para-hydroxylation sites is 1. The van der Waals surface area contributed by atoms with Crippen molar-refractivity contribution in [3.8, 4) is 11.6 Å². The number of hydrogen-bond acceptors (Lipinski definition) is 5. The second kappa shape index (κ2) is 13.8. The number of alkyl halides is 2. The Balaban J connectivity index is 0.000000215. The molecule has 4 rings (SSSR count). The van der Waals surface area contributed by atoms with Crippen LogP contribution in [0.5, 0.6) is 5.88 Å². The number of halogens is 4. The van der Waals surface area contributed by atoms with E-state index in [1.54, 1.807) is 44.4 Å². The number of likely N-dealkylation sites (tertiary alicyclic amines) is 1. The number of nitrogens with two attached hydrogens (primary N) is 1. The molecular weight excluding hydrogens is 506 g/mol. The fourth-order valence-electron chi connectivity index (χ4n) is 4.07. The van der Waals surface area contributed by atoms with Crippen molar-refractivity contribution < 1.29 is 31.8 Å². The molecule has 0 bridgehead atoms. The summed E-state index contributed by atoms with van der Waals surface area (Å²) in [7, 11) is 1.68. The first-order valence-corrected chi connectivity index (χ1v) is 12.0. The minimum atomic E-state index is -2.61. The van der Waals surface area contributed by atoms with Gasteiger partial charge in [-0.25, -0.2) is 27.0 Å². The molecule has 1 saturated heterocycles. The maximum absolute atomic E-state index is 13.1. The lowest BCUT2D eigenvalue weighted by molar-refractivity contribution is 0.0790. The zero-order valence-electron chi connectivity index (χ0n) is 21.2. The average Bonchev–Trinajstić information content (AvgIpc) is 3.49. The zero-order chi connectivity index (χ0) is 27.7. The lowest BCUT2D eigenvalue weighted by atomic mass is 9.98. The van der Waals surface area contributed by atoms with E-state index in [0.29, 0.717) is 23.8 Å². The minimum absolute atomic E-state index is 0.0166. The summed E-state index contributed by atoms with van der Waals surface area (Å²) < 4.78 is 61.8. The lowest BCUT2D eigenvalue weighted by Gasteiger charge is -2.15. The Bertz CT molecular complexity index is 1190. The van der Waals surface area contributed by atoms with Crippen molar-refractivity contribution in [2.24, 2.45) is 5.73 Å². The van der Waals surface area contributed by atoms with Gasteiger partial charge in [-0.05, 0) is 55.6 Å². The van der Waals surface area contributed by atoms with Gasteiger partial charge in [0.2, 0.25) is 5.88 Å². The number of urea groups is 1. The summed E-state index contributed by atoms with van der Waals surface area (Å²) >= 11 is 0. The molecule has 1 aromatic heterocycles. The number of nitrogens with one attached hydrogen (secondary N) is 1. The van der Waals surface area contributed by atoms with Gasteiger partial charge in [0.1, 0.15) is 5.82 Å². The van der Waals surface area contributed by atoms with E-state index in [-0.39, 0.29) is 11.7 Å². The van der Waals surface area contributed by atoms with Crippen molar-refractivity contribution in [1.82, 2.24) is 14.7 Å². The number of aromatic nitrogens is 2. The van der Waals surface area contributed by atoms with Crippen LogP contribution in [0.15, 0.2) is 48.5 Å². The van der Waals surface area contributed by atoms with Crippen molar-refractivity contribution >= 4 is 11.8 Å². The Morgan fingerprint density at radius 2 is 1.92 bits per heavy atom. The Morgan fingerprint density at radius 1 is 1.18 bits per heavy atom. The van der Waals surface area contributed by atoms with Crippen molar-refractivity contribution in [3.05, 3.63) is 71.3 Å². The number of ether oxygens (including phenoxy) is 2. The molecule has 0 spiro atoms. The number of methoxy groups -OCH3 is 1. The predicted octanol–water partition coefficient (Wildman–Crippen LogP) is 4.72. The molecule has 1 aliphatic heterocycles. The van der Waals surface area contributed by atoms with Gasteiger partial charge in [-0.1, -0.05) is 24.3 Å². The van der Waals surface area contributed by atoms with Gasteiger partial charge >= 0.3 is 6.03 Å². The fraction of sp³-hybridized carbons (Fsp3) is 0.385. The van der Waals surface area contributed by atoms with E-state index in [4.69, 9.17) is 15.2 Å². The second-order valence-electron chi connectivity index (χ2n) is 8.67. The summed E-state index contributed by atoms with van der Waals surface area (Å²) in [6, 6.07) is 12.3. The van der Waals surface area contributed by atoms with Crippen molar-refractivity contribution in [2.75, 3.05) is 45.3 Å². The monoisotopic (exact) mass is 537 g/mol. The molecule has 8 nitrogen and oxygen atoms in total. The molecule has 1 fully saturated rings. The van der Waals surface area contributed by atoms with Crippen LogP contribution in [0, 0.1) is 18.6 Å². The highest BCUT2D eigenvalue weighted by Gasteiger charge is 2.24. The molecule has 0 aliphatic carbocycles. The number of hydrogen-bond donors (Lipinski definition) is 2. The van der Waals surface area contributed by atoms with Gasteiger partial charge in [0.05, 0.1) is 17.9 Å². The molecule has 12 heteroatoms. The summed E-state index contributed by atoms with van der Waals surface area (Å²) in [6.45, 7) is 4.32. The van der Waals surface area contributed by atoms with E-state index in [0.717, 1.165) is 31.6 Å². The average molecular weight is 538 g/mol. The van der Waals surface area contributed by atoms with E-state index < -0.39 is 30.7 Å². The molecule has 2 amide bonds. The smallest absolute Gasteiger partial charge is 0.317 e. The summed E-state index contributed by atoms with van der Waals surface area (Å²) in [5.41, 5.74) is 7.06. The van der Waals surface area contributed by atoms with Crippen LogP contribution in [0.1, 0.15) is 23.5 Å². The molecule has 2 heterocycles. The van der Waals surface area contributed by atoms with Crippen LogP contribution < -0.4 is 15.8 Å². The Hall–Kier alpha value is -3.64. The fourth-order valence-corrected chi connectivity index (χ4v) is 4.07. The van der Waals surface area contributed by atoms with Crippen LogP contribution in [0.3, 0.4) is 0 Å². The van der Waals surface area contributed by atoms with Crippen LogP contribution in [0.4, 0.5) is 28.2 Å². The minimum Gasteiger partial charge on any atom is -0.470 e. The van der Waals surface area contributed by atoms with Gasteiger partial charge < -0.3 is 20.1 Å². The quantitative estimate of drug-likeness (QED) is 0.386. The number of anilines is 1. The van der Waals surface area contributed by atoms with Crippen LogP contribution in [-0.2, 0) is 4.74 Å². The normalized spacial score (nSPS) is 15.3. The molecule has 2 aromatic carbocycles. The van der Waals surface area contributed by atoms with Gasteiger partial charge in [0.15, 0.2) is 18.2 Å². The van der Waals surface area contributed by atoms with Crippen LogP contribution in [-0.4, -0.2) is 67.1 Å². The second-order valence-corrected chi connectivity index (χ2v) is 8.67. The highest BCUT2D eigenvalue weighted by molar-refractivity contribution is 5.88. The first kappa shape index (κ1) is 28.9. The topological polar surface area (TPSA) is 94.6 Å². The van der Waals surface area contributed by atoms with Crippen LogP contribution >= 0.6 is 0 Å². The number of amides is 2. The predicted molar refractivity (Wildman–Crippen MR) is 135 cm³/mol. The molecule has 206 valence electrons. The Morgan fingerprint density at radius 3 is 2.55 bits per heavy atom. The van der Waals surface area contributed by atoms with E-state index in [9.17, 15) is 22.4 Å². The standard InChI is InChI=1S/C13H14F2N4O2.C13H17F2NO/c1-8-11(17-13(16)20)19(9-5-3-2-4-6-9)18-12(8)21-7-10(14)15;1-17-7-6-16-5-4-11(9-16)10-2-3-12(14)13(15)8-10/h2-6,10H,7H2,1H3,(H3,16,17,20);2-3,8,11H,4-7,9H2,1H3. The highest BCUT2D eigenvalue weighted by atomic mass is 19.3. The first-order valence-electron chi connectivity index (χ1n) is 12.0. The van der Waals surface area contributed by atoms with Gasteiger partial charge in [-0.3, -0.25) is 5.32 Å². The van der Waals surface area contributed by atoms with E-state index >= 15 is 0 Å². The highest BCUT2D eigenvalue weighted by Crippen LogP contribution is 2.29. The zero-order valence-corrected chi connectivity index (χ0v) is 21.2. The maximum Gasteiger partial charge on any atom is 0.317 e. The SMILES string of the molecule is COCCN1CCC(c2ccc(F)c(F)c2)C1.Cc1c(OCC(F)F)nn(-c2ccccc2)c1NC(N)=O. The molecule has 1 atom stereocenters. The van der Waals surface area contributed by atoms with Crippen LogP contribution in [0.25, 0.3) is 5.69 Å². The third-order valence-electron chi connectivity index (χ3n) is 5.97. The van der Waals surface area contributed by atoms with Crippen LogP contribution in [0.2, 0.25) is 0 Å². The first-order chi connectivity index (χ1) is 18.2. The lowest BCUT2D eigenvalue weighted by Crippen LogP contribution is -2.24. The van der Waals surface area contributed by atoms with Gasteiger partial charge in [0.25, 0.3) is 6.43 Å². The molecule has 0 saturated carbocycles. The Kier molecular flexibility index (Phi) is 10.5. The number of nitrogens with zero attached hydrogens (tertiary/aromatic N) is 3. The maximum atomic E-state index is 13.1. The van der Waals surface area contributed by atoms with Gasteiger partial charge in [0, 0.05) is 20.2 Å². The van der Waals surface area contributed by atoms with E-state index in [1.165, 1.54) is 16.8 Å². The van der Waals surface area contributed by atoms with E-state index in [2.05, 4.69) is 15.3 Å². The van der Waals surface area contributed by atoms with E-state index in [1.807, 2.05) is 6.07 Å². The molecule has 38 heavy (non-hydrogen) atoms. The molecule has 3 aromatic rings. The molecule has 1 unspecified atom stereocenters. The molecule has 3 N–H and O–H groups in total. The van der Waals surface area contributed by atoms with Gasteiger partial charge in [-0.15, -0.1) is 5.10 Å².